The Balaban J connectivity index is 2.54. The van der Waals surface area contributed by atoms with E-state index in [4.69, 9.17) is 10.5 Å². The topological polar surface area (TPSA) is 55.6 Å². The van der Waals surface area contributed by atoms with Crippen LogP contribution in [0.2, 0.25) is 0 Å². The van der Waals surface area contributed by atoms with Crippen LogP contribution in [0.15, 0.2) is 0 Å². The zero-order chi connectivity index (χ0) is 12.2. The SMILES string of the molecule is CC(C)(C)CC(CN)C(=O)N1CCOCC1. The molecule has 0 saturated carbocycles. The third-order valence-electron chi connectivity index (χ3n) is 2.82. The second-order valence-electron chi connectivity index (χ2n) is 5.64. The monoisotopic (exact) mass is 228 g/mol. The van der Waals surface area contributed by atoms with Crippen LogP contribution in [0, 0.1) is 11.3 Å². The average molecular weight is 228 g/mol. The summed E-state index contributed by atoms with van der Waals surface area (Å²) >= 11 is 0. The van der Waals surface area contributed by atoms with Crippen molar-refractivity contribution in [2.75, 3.05) is 32.8 Å². The number of rotatable bonds is 3. The molecule has 4 heteroatoms. The molecule has 0 spiro atoms. The van der Waals surface area contributed by atoms with E-state index in [1.807, 2.05) is 4.90 Å². The standard InChI is InChI=1S/C12H24N2O2/c1-12(2,3)8-10(9-13)11(15)14-4-6-16-7-5-14/h10H,4-9,13H2,1-3H3. The van der Waals surface area contributed by atoms with E-state index in [1.54, 1.807) is 0 Å². The lowest BCUT2D eigenvalue weighted by Gasteiger charge is -2.32. The minimum absolute atomic E-state index is 0.0434. The fourth-order valence-corrected chi connectivity index (χ4v) is 2.05. The highest BCUT2D eigenvalue weighted by atomic mass is 16.5. The third kappa shape index (κ3) is 4.10. The molecular formula is C12H24N2O2. The number of carbonyl (C=O) groups excluding carboxylic acids is 1. The van der Waals surface area contributed by atoms with Gasteiger partial charge in [-0.1, -0.05) is 20.8 Å². The van der Waals surface area contributed by atoms with Gasteiger partial charge in [0.2, 0.25) is 5.91 Å². The van der Waals surface area contributed by atoms with E-state index < -0.39 is 0 Å². The van der Waals surface area contributed by atoms with E-state index in [9.17, 15) is 4.79 Å². The predicted molar refractivity (Wildman–Crippen MR) is 64.0 cm³/mol. The Morgan fingerprint density at radius 2 is 1.94 bits per heavy atom. The second-order valence-corrected chi connectivity index (χ2v) is 5.64. The van der Waals surface area contributed by atoms with Crippen molar-refractivity contribution in [3.8, 4) is 0 Å². The van der Waals surface area contributed by atoms with Crippen LogP contribution in [0.25, 0.3) is 0 Å². The molecule has 0 aromatic rings. The van der Waals surface area contributed by atoms with Crippen LogP contribution in [-0.2, 0) is 9.53 Å². The lowest BCUT2D eigenvalue weighted by molar-refractivity contribution is -0.140. The number of nitrogens with two attached hydrogens (primary N) is 1. The average Bonchev–Trinajstić information content (AvgIpc) is 2.25. The van der Waals surface area contributed by atoms with E-state index >= 15 is 0 Å². The summed E-state index contributed by atoms with van der Waals surface area (Å²) < 4.78 is 5.24. The maximum Gasteiger partial charge on any atom is 0.227 e. The van der Waals surface area contributed by atoms with E-state index in [0.717, 1.165) is 6.42 Å². The van der Waals surface area contributed by atoms with Gasteiger partial charge >= 0.3 is 0 Å². The van der Waals surface area contributed by atoms with Crippen LogP contribution in [-0.4, -0.2) is 43.7 Å². The fourth-order valence-electron chi connectivity index (χ4n) is 2.05. The smallest absolute Gasteiger partial charge is 0.227 e. The summed E-state index contributed by atoms with van der Waals surface area (Å²) in [4.78, 5) is 14.1. The molecule has 0 aromatic heterocycles. The summed E-state index contributed by atoms with van der Waals surface area (Å²) in [6.07, 6.45) is 0.847. The van der Waals surface area contributed by atoms with Gasteiger partial charge in [0.15, 0.2) is 0 Å². The number of hydrogen-bond acceptors (Lipinski definition) is 3. The summed E-state index contributed by atoms with van der Waals surface area (Å²) in [5, 5.41) is 0. The molecule has 2 N–H and O–H groups in total. The number of carbonyl (C=O) groups is 1. The van der Waals surface area contributed by atoms with Gasteiger partial charge in [0.25, 0.3) is 0 Å². The van der Waals surface area contributed by atoms with Crippen LogP contribution in [0.4, 0.5) is 0 Å². The minimum atomic E-state index is -0.0434. The van der Waals surface area contributed by atoms with Gasteiger partial charge in [-0.2, -0.15) is 0 Å². The van der Waals surface area contributed by atoms with Gasteiger partial charge in [0, 0.05) is 19.6 Å². The molecule has 1 aliphatic heterocycles. The van der Waals surface area contributed by atoms with Crippen molar-refractivity contribution in [1.82, 2.24) is 4.90 Å². The maximum atomic E-state index is 12.2. The Labute approximate surface area is 98.1 Å². The zero-order valence-corrected chi connectivity index (χ0v) is 10.7. The van der Waals surface area contributed by atoms with Gasteiger partial charge in [0.05, 0.1) is 19.1 Å². The van der Waals surface area contributed by atoms with Crippen molar-refractivity contribution in [1.29, 1.82) is 0 Å². The normalized spacial score (nSPS) is 19.6. The first kappa shape index (κ1) is 13.5. The van der Waals surface area contributed by atoms with Gasteiger partial charge in [-0.25, -0.2) is 0 Å². The Kier molecular flexibility index (Phi) is 4.74. The van der Waals surface area contributed by atoms with Crippen LogP contribution < -0.4 is 5.73 Å². The Morgan fingerprint density at radius 3 is 2.38 bits per heavy atom. The number of morpholine rings is 1. The largest absolute Gasteiger partial charge is 0.378 e. The minimum Gasteiger partial charge on any atom is -0.378 e. The molecule has 1 atom stereocenters. The predicted octanol–water partition coefficient (Wildman–Crippen LogP) is 0.856. The van der Waals surface area contributed by atoms with Gasteiger partial charge < -0.3 is 15.4 Å². The molecule has 0 bridgehead atoms. The first-order chi connectivity index (χ1) is 7.44. The van der Waals surface area contributed by atoms with E-state index in [0.29, 0.717) is 32.8 Å². The van der Waals surface area contributed by atoms with Gasteiger partial charge in [0.1, 0.15) is 0 Å². The fraction of sp³-hybridized carbons (Fsp3) is 0.917. The Morgan fingerprint density at radius 1 is 1.38 bits per heavy atom. The third-order valence-corrected chi connectivity index (χ3v) is 2.82. The first-order valence-corrected chi connectivity index (χ1v) is 6.00. The molecule has 1 saturated heterocycles. The molecule has 1 rings (SSSR count). The van der Waals surface area contributed by atoms with Crippen LogP contribution in [0.5, 0.6) is 0 Å². The van der Waals surface area contributed by atoms with Gasteiger partial charge in [-0.3, -0.25) is 4.79 Å². The van der Waals surface area contributed by atoms with E-state index in [2.05, 4.69) is 20.8 Å². The molecule has 1 aliphatic rings. The molecular weight excluding hydrogens is 204 g/mol. The molecule has 0 aromatic carbocycles. The van der Waals surface area contributed by atoms with E-state index in [1.165, 1.54) is 0 Å². The molecule has 0 aliphatic carbocycles. The second kappa shape index (κ2) is 5.64. The number of ether oxygens (including phenoxy) is 1. The molecule has 1 heterocycles. The van der Waals surface area contributed by atoms with Crippen molar-refractivity contribution in [2.24, 2.45) is 17.1 Å². The molecule has 4 nitrogen and oxygen atoms in total. The highest BCUT2D eigenvalue weighted by Gasteiger charge is 2.28. The van der Waals surface area contributed by atoms with Crippen molar-refractivity contribution in [3.63, 3.8) is 0 Å². The summed E-state index contributed by atoms with van der Waals surface area (Å²) in [6.45, 7) is 9.58. The van der Waals surface area contributed by atoms with Crippen molar-refractivity contribution in [3.05, 3.63) is 0 Å². The van der Waals surface area contributed by atoms with Crippen molar-refractivity contribution in [2.45, 2.75) is 27.2 Å². The lowest BCUT2D eigenvalue weighted by atomic mass is 9.84. The maximum absolute atomic E-state index is 12.2. The highest BCUT2D eigenvalue weighted by Crippen LogP contribution is 2.25. The number of amides is 1. The van der Waals surface area contributed by atoms with E-state index in [-0.39, 0.29) is 17.2 Å². The van der Waals surface area contributed by atoms with Crippen molar-refractivity contribution < 1.29 is 9.53 Å². The van der Waals surface area contributed by atoms with Gasteiger partial charge in [-0.05, 0) is 11.8 Å². The van der Waals surface area contributed by atoms with Crippen LogP contribution >= 0.6 is 0 Å². The van der Waals surface area contributed by atoms with Crippen LogP contribution in [0.1, 0.15) is 27.2 Å². The molecule has 0 radical (unpaired) electrons. The summed E-state index contributed by atoms with van der Waals surface area (Å²) in [6, 6.07) is 0. The van der Waals surface area contributed by atoms with Crippen molar-refractivity contribution >= 4 is 5.91 Å². The summed E-state index contributed by atoms with van der Waals surface area (Å²) in [5.74, 6) is 0.152. The number of hydrogen-bond donors (Lipinski definition) is 1. The van der Waals surface area contributed by atoms with Gasteiger partial charge in [-0.15, -0.1) is 0 Å². The first-order valence-electron chi connectivity index (χ1n) is 6.00. The molecule has 94 valence electrons. The zero-order valence-electron chi connectivity index (χ0n) is 10.7. The molecule has 1 unspecified atom stereocenters. The quantitative estimate of drug-likeness (QED) is 0.779. The molecule has 16 heavy (non-hydrogen) atoms. The number of nitrogens with zero attached hydrogens (tertiary/aromatic N) is 1. The Bertz CT molecular complexity index is 230. The highest BCUT2D eigenvalue weighted by molar-refractivity contribution is 5.79. The Hall–Kier alpha value is -0.610. The lowest BCUT2D eigenvalue weighted by Crippen LogP contribution is -2.46. The summed E-state index contributed by atoms with van der Waals surface area (Å²) in [5.41, 5.74) is 5.85. The molecule has 1 fully saturated rings. The summed E-state index contributed by atoms with van der Waals surface area (Å²) in [7, 11) is 0. The van der Waals surface area contributed by atoms with Crippen LogP contribution in [0.3, 0.4) is 0 Å². The molecule has 1 amide bonds.